The summed E-state index contributed by atoms with van der Waals surface area (Å²) in [6, 6.07) is 10.1. The van der Waals surface area contributed by atoms with Gasteiger partial charge < -0.3 is 15.8 Å². The fourth-order valence-electron chi connectivity index (χ4n) is 1.71. The maximum atomic E-state index is 13.0. The molecule has 0 fully saturated rings. The Morgan fingerprint density at radius 2 is 1.95 bits per heavy atom. The Morgan fingerprint density at radius 1 is 1.23 bits per heavy atom. The minimum atomic E-state index is -0.652. The lowest BCUT2D eigenvalue weighted by Gasteiger charge is -2.10. The average molecular weight is 323 g/mol. The minimum absolute atomic E-state index is 0.0993. The maximum absolute atomic E-state index is 13.0. The number of amides is 2. The second kappa shape index (κ2) is 6.91. The number of halogens is 2. The molecule has 2 amide bonds. The Bertz CT molecular complexity index is 722. The number of anilines is 1. The highest BCUT2D eigenvalue weighted by atomic mass is 35.5. The Kier molecular flexibility index (Phi) is 4.95. The van der Waals surface area contributed by atoms with E-state index in [0.29, 0.717) is 5.69 Å². The molecule has 3 N–H and O–H groups in total. The van der Waals surface area contributed by atoms with Gasteiger partial charge in [-0.05, 0) is 30.3 Å². The summed E-state index contributed by atoms with van der Waals surface area (Å²) < 4.78 is 18.3. The largest absolute Gasteiger partial charge is 0.483 e. The van der Waals surface area contributed by atoms with Crippen LogP contribution < -0.4 is 15.8 Å². The highest BCUT2D eigenvalue weighted by Gasteiger charge is 2.11. The van der Waals surface area contributed by atoms with E-state index >= 15 is 0 Å². The Balaban J connectivity index is 1.98. The first-order chi connectivity index (χ1) is 10.5. The number of hydrogen-bond donors (Lipinski definition) is 2. The fourth-order valence-corrected chi connectivity index (χ4v) is 1.89. The second-order valence-corrected chi connectivity index (χ2v) is 4.73. The highest BCUT2D eigenvalue weighted by Crippen LogP contribution is 2.20. The van der Waals surface area contributed by atoms with Crippen molar-refractivity contribution in [3.8, 4) is 5.75 Å². The van der Waals surface area contributed by atoms with E-state index in [-0.39, 0.29) is 22.9 Å². The van der Waals surface area contributed by atoms with Gasteiger partial charge in [0.1, 0.15) is 11.6 Å². The molecule has 114 valence electrons. The quantitative estimate of drug-likeness (QED) is 0.887. The molecule has 22 heavy (non-hydrogen) atoms. The molecule has 0 aliphatic heterocycles. The van der Waals surface area contributed by atoms with Crippen LogP contribution in [0.15, 0.2) is 42.5 Å². The number of nitrogens with two attached hydrogens (primary N) is 1. The summed E-state index contributed by atoms with van der Waals surface area (Å²) in [7, 11) is 0. The van der Waals surface area contributed by atoms with Crippen LogP contribution in [0.25, 0.3) is 0 Å². The van der Waals surface area contributed by atoms with E-state index in [1.165, 1.54) is 24.3 Å². The van der Waals surface area contributed by atoms with Crippen LogP contribution in [-0.4, -0.2) is 18.4 Å². The number of nitrogens with one attached hydrogen (secondary N) is 1. The standard InChI is InChI=1S/C15H12ClFN2O3/c16-11-7-9(5-6-12(11)17)19-14(20)8-22-13-4-2-1-3-10(13)15(18)21/h1-7H,8H2,(H2,18,21)(H,19,20). The molecular formula is C15H12ClFN2O3. The second-order valence-electron chi connectivity index (χ2n) is 4.33. The summed E-state index contributed by atoms with van der Waals surface area (Å²) >= 11 is 5.62. The first kappa shape index (κ1) is 15.8. The van der Waals surface area contributed by atoms with Crippen LogP contribution in [0.3, 0.4) is 0 Å². The van der Waals surface area contributed by atoms with Crippen molar-refractivity contribution in [2.24, 2.45) is 5.73 Å². The Labute approximate surface area is 130 Å². The molecule has 0 spiro atoms. The summed E-state index contributed by atoms with van der Waals surface area (Å²) in [5.74, 6) is -1.50. The number of para-hydroxylation sites is 1. The number of carbonyl (C=O) groups is 2. The van der Waals surface area contributed by atoms with Crippen molar-refractivity contribution in [1.82, 2.24) is 0 Å². The van der Waals surface area contributed by atoms with Crippen LogP contribution in [0.5, 0.6) is 5.75 Å². The van der Waals surface area contributed by atoms with Crippen molar-refractivity contribution >= 4 is 29.1 Å². The molecule has 0 atom stereocenters. The number of hydrogen-bond acceptors (Lipinski definition) is 3. The third kappa shape index (κ3) is 3.95. The first-order valence-electron chi connectivity index (χ1n) is 6.24. The van der Waals surface area contributed by atoms with Gasteiger partial charge in [-0.3, -0.25) is 9.59 Å². The number of ether oxygens (including phenoxy) is 1. The SMILES string of the molecule is NC(=O)c1ccccc1OCC(=O)Nc1ccc(F)c(Cl)c1. The molecule has 2 aromatic rings. The zero-order chi connectivity index (χ0) is 16.1. The van der Waals surface area contributed by atoms with E-state index in [2.05, 4.69) is 5.32 Å². The summed E-state index contributed by atoms with van der Waals surface area (Å²) in [4.78, 5) is 23.0. The maximum Gasteiger partial charge on any atom is 0.262 e. The molecule has 0 radical (unpaired) electrons. The monoisotopic (exact) mass is 322 g/mol. The number of carbonyl (C=O) groups excluding carboxylic acids is 2. The van der Waals surface area contributed by atoms with E-state index in [0.717, 1.165) is 6.07 Å². The predicted molar refractivity (Wildman–Crippen MR) is 80.5 cm³/mol. The van der Waals surface area contributed by atoms with E-state index in [1.807, 2.05) is 0 Å². The molecule has 2 rings (SSSR count). The van der Waals surface area contributed by atoms with Gasteiger partial charge in [-0.2, -0.15) is 0 Å². The minimum Gasteiger partial charge on any atom is -0.483 e. The van der Waals surface area contributed by atoms with Gasteiger partial charge in [0.2, 0.25) is 0 Å². The lowest BCUT2D eigenvalue weighted by atomic mass is 10.2. The Hall–Kier alpha value is -2.60. The summed E-state index contributed by atoms with van der Waals surface area (Å²) in [5.41, 5.74) is 5.72. The smallest absolute Gasteiger partial charge is 0.262 e. The summed E-state index contributed by atoms with van der Waals surface area (Å²) in [6.07, 6.45) is 0. The normalized spacial score (nSPS) is 10.1. The van der Waals surface area contributed by atoms with Gasteiger partial charge in [-0.1, -0.05) is 23.7 Å². The van der Waals surface area contributed by atoms with E-state index in [1.54, 1.807) is 12.1 Å². The van der Waals surface area contributed by atoms with Crippen LogP contribution in [-0.2, 0) is 4.79 Å². The number of primary amides is 1. The molecule has 0 saturated heterocycles. The van der Waals surface area contributed by atoms with Crippen LogP contribution >= 0.6 is 11.6 Å². The number of rotatable bonds is 5. The van der Waals surface area contributed by atoms with Crippen molar-refractivity contribution in [2.45, 2.75) is 0 Å². The molecule has 0 aromatic heterocycles. The molecule has 2 aromatic carbocycles. The van der Waals surface area contributed by atoms with E-state index in [4.69, 9.17) is 22.1 Å². The van der Waals surface area contributed by atoms with Gasteiger partial charge in [-0.25, -0.2) is 4.39 Å². The van der Waals surface area contributed by atoms with Crippen molar-refractivity contribution in [2.75, 3.05) is 11.9 Å². The van der Waals surface area contributed by atoms with Gasteiger partial charge >= 0.3 is 0 Å². The van der Waals surface area contributed by atoms with Crippen LogP contribution in [0.2, 0.25) is 5.02 Å². The molecular weight excluding hydrogens is 311 g/mol. The molecule has 0 bridgehead atoms. The van der Waals surface area contributed by atoms with Crippen molar-refractivity contribution in [3.05, 3.63) is 58.9 Å². The molecule has 0 unspecified atom stereocenters. The highest BCUT2D eigenvalue weighted by molar-refractivity contribution is 6.31. The van der Waals surface area contributed by atoms with Gasteiger partial charge in [-0.15, -0.1) is 0 Å². The van der Waals surface area contributed by atoms with Crippen molar-refractivity contribution in [3.63, 3.8) is 0 Å². The third-order valence-electron chi connectivity index (χ3n) is 2.71. The van der Waals surface area contributed by atoms with Crippen LogP contribution in [0.1, 0.15) is 10.4 Å². The molecule has 5 nitrogen and oxygen atoms in total. The lowest BCUT2D eigenvalue weighted by molar-refractivity contribution is -0.118. The predicted octanol–water partition coefficient (Wildman–Crippen LogP) is 2.60. The lowest BCUT2D eigenvalue weighted by Crippen LogP contribution is -2.21. The van der Waals surface area contributed by atoms with Crippen LogP contribution in [0.4, 0.5) is 10.1 Å². The van der Waals surface area contributed by atoms with Crippen molar-refractivity contribution in [1.29, 1.82) is 0 Å². The van der Waals surface area contributed by atoms with Crippen LogP contribution in [0, 0.1) is 5.82 Å². The van der Waals surface area contributed by atoms with Crippen molar-refractivity contribution < 1.29 is 18.7 Å². The zero-order valence-corrected chi connectivity index (χ0v) is 12.1. The molecule has 0 aliphatic carbocycles. The summed E-state index contributed by atoms with van der Waals surface area (Å²) in [6.45, 7) is -0.334. The van der Waals surface area contributed by atoms with Gasteiger partial charge in [0.25, 0.3) is 11.8 Å². The fraction of sp³-hybridized carbons (Fsp3) is 0.0667. The van der Waals surface area contributed by atoms with Gasteiger partial charge in [0.15, 0.2) is 6.61 Å². The number of benzene rings is 2. The van der Waals surface area contributed by atoms with Gasteiger partial charge in [0, 0.05) is 5.69 Å². The van der Waals surface area contributed by atoms with E-state index < -0.39 is 17.6 Å². The third-order valence-corrected chi connectivity index (χ3v) is 3.00. The zero-order valence-electron chi connectivity index (χ0n) is 11.3. The molecule has 0 aliphatic rings. The molecule has 0 saturated carbocycles. The average Bonchev–Trinajstić information content (AvgIpc) is 2.49. The summed E-state index contributed by atoms with van der Waals surface area (Å²) in [5, 5.41) is 2.40. The van der Waals surface area contributed by atoms with E-state index in [9.17, 15) is 14.0 Å². The van der Waals surface area contributed by atoms with Gasteiger partial charge in [0.05, 0.1) is 10.6 Å². The molecule has 0 heterocycles. The Morgan fingerprint density at radius 3 is 2.64 bits per heavy atom. The molecule has 7 heteroatoms. The first-order valence-corrected chi connectivity index (χ1v) is 6.61. The topological polar surface area (TPSA) is 81.4 Å².